The third-order valence-electron chi connectivity index (χ3n) is 5.08. The van der Waals surface area contributed by atoms with Gasteiger partial charge in [-0.25, -0.2) is 0 Å². The van der Waals surface area contributed by atoms with Gasteiger partial charge >= 0.3 is 6.43 Å². The molecule has 2 aliphatic heterocycles. The molecule has 5 nitrogen and oxygen atoms in total. The molecule has 8 heteroatoms. The van der Waals surface area contributed by atoms with Gasteiger partial charge in [-0.2, -0.15) is 8.78 Å². The lowest BCUT2D eigenvalue weighted by Gasteiger charge is -2.20. The van der Waals surface area contributed by atoms with Crippen LogP contribution in [-0.2, 0) is 4.79 Å². The molecule has 1 aromatic carbocycles. The van der Waals surface area contributed by atoms with Crippen LogP contribution < -0.4 is 16.0 Å². The summed E-state index contributed by atoms with van der Waals surface area (Å²) in [7, 11) is 0. The molecule has 2 fully saturated rings. The molecule has 2 amide bonds. The molecule has 0 radical (unpaired) electrons. The van der Waals surface area contributed by atoms with Crippen LogP contribution in [0.1, 0.15) is 28.9 Å². The highest BCUT2D eigenvalue weighted by atomic mass is 32.1. The Morgan fingerprint density at radius 1 is 1.11 bits per heavy atom. The Balaban J connectivity index is 1.40. The summed E-state index contributed by atoms with van der Waals surface area (Å²) in [5, 5.41) is 8.77. The largest absolute Gasteiger partial charge is 0.347 e. The van der Waals surface area contributed by atoms with E-state index in [1.807, 2.05) is 6.07 Å². The predicted octanol–water partition coefficient (Wildman–Crippen LogP) is 3.24. The van der Waals surface area contributed by atoms with Gasteiger partial charge in [0.25, 0.3) is 11.8 Å². The first-order chi connectivity index (χ1) is 13.0. The summed E-state index contributed by atoms with van der Waals surface area (Å²) in [4.78, 5) is 25.1. The van der Waals surface area contributed by atoms with Gasteiger partial charge in [-0.1, -0.05) is 12.1 Å². The number of fused-ring (bicyclic) bond motifs is 2. The Bertz CT molecular complexity index is 853. The van der Waals surface area contributed by atoms with Gasteiger partial charge in [0.2, 0.25) is 0 Å². The second kappa shape index (κ2) is 7.36. The maximum Gasteiger partial charge on any atom is 0.315 e. The van der Waals surface area contributed by atoms with Crippen LogP contribution in [-0.4, -0.2) is 36.4 Å². The van der Waals surface area contributed by atoms with Gasteiger partial charge in [-0.05, 0) is 49.1 Å². The number of halogens is 2. The number of nitrogens with one attached hydrogen (secondary N) is 3. The van der Waals surface area contributed by atoms with E-state index < -0.39 is 12.3 Å². The summed E-state index contributed by atoms with van der Waals surface area (Å²) in [5.41, 5.74) is 1.16. The minimum atomic E-state index is -3.05. The van der Waals surface area contributed by atoms with E-state index in [0.29, 0.717) is 22.6 Å². The number of carbonyl (C=O) groups excluding carboxylic acids is 2. The minimum absolute atomic E-state index is 0.0635. The molecule has 2 aliphatic rings. The summed E-state index contributed by atoms with van der Waals surface area (Å²) in [6.45, 7) is 0. The SMILES string of the molecule is O=C(NC1CC2CCC1N2)c1ccc(-c2ccc(NC(=O)C(F)F)cc2)s1. The van der Waals surface area contributed by atoms with Crippen LogP contribution in [0.25, 0.3) is 10.4 Å². The van der Waals surface area contributed by atoms with E-state index in [2.05, 4.69) is 16.0 Å². The van der Waals surface area contributed by atoms with Crippen molar-refractivity contribution in [3.8, 4) is 10.4 Å². The zero-order valence-electron chi connectivity index (χ0n) is 14.4. The van der Waals surface area contributed by atoms with Gasteiger partial charge in [0, 0.05) is 28.7 Å². The summed E-state index contributed by atoms with van der Waals surface area (Å²) in [5.74, 6) is -1.39. The molecular weight excluding hydrogens is 372 g/mol. The Kier molecular flexibility index (Phi) is 4.92. The second-order valence-corrected chi connectivity index (χ2v) is 7.98. The van der Waals surface area contributed by atoms with Gasteiger partial charge < -0.3 is 16.0 Å². The number of anilines is 1. The highest BCUT2D eigenvalue weighted by Gasteiger charge is 2.39. The lowest BCUT2D eigenvalue weighted by molar-refractivity contribution is -0.126. The second-order valence-electron chi connectivity index (χ2n) is 6.89. The first-order valence-electron chi connectivity index (χ1n) is 8.86. The number of rotatable bonds is 5. The van der Waals surface area contributed by atoms with E-state index >= 15 is 0 Å². The molecular formula is C19H19F2N3O2S. The van der Waals surface area contributed by atoms with Gasteiger partial charge in [0.05, 0.1) is 4.88 Å². The first kappa shape index (κ1) is 18.1. The highest BCUT2D eigenvalue weighted by molar-refractivity contribution is 7.17. The number of amides is 2. The third-order valence-corrected chi connectivity index (χ3v) is 6.21. The zero-order chi connectivity index (χ0) is 19.0. The van der Waals surface area contributed by atoms with Crippen molar-refractivity contribution in [2.24, 2.45) is 0 Å². The Morgan fingerprint density at radius 3 is 2.52 bits per heavy atom. The molecule has 0 saturated carbocycles. The molecule has 3 unspecified atom stereocenters. The van der Waals surface area contributed by atoms with Crippen LogP contribution in [0.15, 0.2) is 36.4 Å². The number of carbonyl (C=O) groups is 2. The normalized spacial score (nSPS) is 23.6. The molecule has 2 bridgehead atoms. The van der Waals surface area contributed by atoms with Gasteiger partial charge in [-0.3, -0.25) is 9.59 Å². The smallest absolute Gasteiger partial charge is 0.315 e. The fraction of sp³-hybridized carbons (Fsp3) is 0.368. The highest BCUT2D eigenvalue weighted by Crippen LogP contribution is 2.31. The maximum atomic E-state index is 12.5. The van der Waals surface area contributed by atoms with Crippen molar-refractivity contribution in [1.29, 1.82) is 0 Å². The van der Waals surface area contributed by atoms with Crippen molar-refractivity contribution in [1.82, 2.24) is 10.6 Å². The van der Waals surface area contributed by atoms with E-state index in [4.69, 9.17) is 0 Å². The maximum absolute atomic E-state index is 12.5. The summed E-state index contributed by atoms with van der Waals surface area (Å²) >= 11 is 1.38. The fourth-order valence-electron chi connectivity index (χ4n) is 3.75. The molecule has 3 heterocycles. The van der Waals surface area contributed by atoms with Crippen LogP contribution in [0.3, 0.4) is 0 Å². The number of alkyl halides is 2. The lowest BCUT2D eigenvalue weighted by atomic mass is 9.95. The quantitative estimate of drug-likeness (QED) is 0.733. The minimum Gasteiger partial charge on any atom is -0.347 e. The molecule has 2 aromatic rings. The number of hydrogen-bond donors (Lipinski definition) is 3. The molecule has 3 atom stereocenters. The Hall–Kier alpha value is -2.32. The van der Waals surface area contributed by atoms with Crippen LogP contribution >= 0.6 is 11.3 Å². The number of thiophene rings is 1. The van der Waals surface area contributed by atoms with E-state index in [0.717, 1.165) is 23.3 Å². The van der Waals surface area contributed by atoms with E-state index in [1.165, 1.54) is 17.8 Å². The topological polar surface area (TPSA) is 70.2 Å². The van der Waals surface area contributed by atoms with Crippen molar-refractivity contribution in [2.75, 3.05) is 5.32 Å². The van der Waals surface area contributed by atoms with Gasteiger partial charge in [0.1, 0.15) is 0 Å². The summed E-state index contributed by atoms with van der Waals surface area (Å²) < 4.78 is 24.6. The lowest BCUT2D eigenvalue weighted by Crippen LogP contribution is -2.42. The average Bonchev–Trinajstić information content (AvgIpc) is 3.39. The molecule has 0 aliphatic carbocycles. The van der Waals surface area contributed by atoms with Crippen molar-refractivity contribution in [3.05, 3.63) is 41.3 Å². The standard InChI is InChI=1S/C19H19F2N3O2S/c20-17(21)19(26)23-11-3-1-10(2-4-11)15-7-8-16(27-15)18(25)24-14-9-12-5-6-13(14)22-12/h1-4,7-8,12-14,17,22H,5-6,9H2,(H,23,26)(H,24,25). The summed E-state index contributed by atoms with van der Waals surface area (Å²) in [6.07, 6.45) is 0.238. The van der Waals surface area contributed by atoms with Gasteiger partial charge in [0.15, 0.2) is 0 Å². The fourth-order valence-corrected chi connectivity index (χ4v) is 4.67. The van der Waals surface area contributed by atoms with E-state index in [9.17, 15) is 18.4 Å². The molecule has 0 spiro atoms. The van der Waals surface area contributed by atoms with Crippen molar-refractivity contribution in [2.45, 2.75) is 43.8 Å². The zero-order valence-corrected chi connectivity index (χ0v) is 15.2. The molecule has 3 N–H and O–H groups in total. The number of benzene rings is 1. The molecule has 27 heavy (non-hydrogen) atoms. The summed E-state index contributed by atoms with van der Waals surface area (Å²) in [6, 6.07) is 11.4. The van der Waals surface area contributed by atoms with Crippen LogP contribution in [0, 0.1) is 0 Å². The van der Waals surface area contributed by atoms with E-state index in [1.54, 1.807) is 30.3 Å². The molecule has 4 rings (SSSR count). The van der Waals surface area contributed by atoms with Crippen molar-refractivity contribution >= 4 is 28.8 Å². The van der Waals surface area contributed by atoms with Gasteiger partial charge in [-0.15, -0.1) is 11.3 Å². The Morgan fingerprint density at radius 2 is 1.89 bits per heavy atom. The van der Waals surface area contributed by atoms with E-state index in [-0.39, 0.29) is 11.9 Å². The molecule has 1 aromatic heterocycles. The average molecular weight is 391 g/mol. The predicted molar refractivity (Wildman–Crippen MR) is 100 cm³/mol. The van der Waals surface area contributed by atoms with Crippen LogP contribution in [0.5, 0.6) is 0 Å². The molecule has 2 saturated heterocycles. The third kappa shape index (κ3) is 3.86. The van der Waals surface area contributed by atoms with Crippen LogP contribution in [0.2, 0.25) is 0 Å². The monoisotopic (exact) mass is 391 g/mol. The van der Waals surface area contributed by atoms with Crippen molar-refractivity contribution in [3.63, 3.8) is 0 Å². The Labute approximate surface area is 159 Å². The first-order valence-corrected chi connectivity index (χ1v) is 9.67. The molecule has 142 valence electrons. The van der Waals surface area contributed by atoms with Crippen molar-refractivity contribution < 1.29 is 18.4 Å². The number of hydrogen-bond acceptors (Lipinski definition) is 4. The van der Waals surface area contributed by atoms with Crippen LogP contribution in [0.4, 0.5) is 14.5 Å².